The molecule has 0 saturated carbocycles. The number of amides is 1. The van der Waals surface area contributed by atoms with Crippen molar-refractivity contribution in [2.24, 2.45) is 0 Å². The van der Waals surface area contributed by atoms with Gasteiger partial charge in [-0.15, -0.1) is 0 Å². The second-order valence-corrected chi connectivity index (χ2v) is 4.58. The average molecular weight is 284 g/mol. The molecule has 0 bridgehead atoms. The van der Waals surface area contributed by atoms with Crippen molar-refractivity contribution >= 4 is 17.3 Å². The van der Waals surface area contributed by atoms with E-state index in [2.05, 4.69) is 0 Å². The van der Waals surface area contributed by atoms with Gasteiger partial charge in [-0.2, -0.15) is 0 Å². The number of hydrogen-bond acceptors (Lipinski definition) is 4. The van der Waals surface area contributed by atoms with Gasteiger partial charge in [-0.3, -0.25) is 14.9 Å². The molecule has 0 aliphatic carbocycles. The van der Waals surface area contributed by atoms with Crippen LogP contribution in [0.15, 0.2) is 48.5 Å². The quantitative estimate of drug-likeness (QED) is 0.627. The van der Waals surface area contributed by atoms with E-state index in [9.17, 15) is 14.9 Å². The van der Waals surface area contributed by atoms with E-state index in [4.69, 9.17) is 4.74 Å². The second kappa shape index (κ2) is 5.24. The third-order valence-corrected chi connectivity index (χ3v) is 3.28. The maximum Gasteiger partial charge on any atom is 0.270 e. The van der Waals surface area contributed by atoms with Crippen molar-refractivity contribution in [1.82, 2.24) is 0 Å². The molecule has 0 radical (unpaired) electrons. The molecule has 2 aromatic carbocycles. The van der Waals surface area contributed by atoms with E-state index in [0.717, 1.165) is 0 Å². The van der Waals surface area contributed by atoms with Crippen molar-refractivity contribution in [2.75, 3.05) is 18.1 Å². The third-order valence-electron chi connectivity index (χ3n) is 3.28. The van der Waals surface area contributed by atoms with Gasteiger partial charge >= 0.3 is 0 Å². The zero-order chi connectivity index (χ0) is 14.8. The van der Waals surface area contributed by atoms with Crippen LogP contribution < -0.4 is 9.64 Å². The first-order chi connectivity index (χ1) is 10.2. The Morgan fingerprint density at radius 3 is 2.81 bits per heavy atom. The van der Waals surface area contributed by atoms with Gasteiger partial charge in [0.15, 0.2) is 0 Å². The topological polar surface area (TPSA) is 72.7 Å². The van der Waals surface area contributed by atoms with Gasteiger partial charge < -0.3 is 9.64 Å². The minimum atomic E-state index is -0.510. The largest absolute Gasteiger partial charge is 0.490 e. The molecule has 3 rings (SSSR count). The summed E-state index contributed by atoms with van der Waals surface area (Å²) in [6, 6.07) is 13.0. The second-order valence-electron chi connectivity index (χ2n) is 4.58. The van der Waals surface area contributed by atoms with E-state index >= 15 is 0 Å². The molecule has 0 spiro atoms. The highest BCUT2D eigenvalue weighted by molar-refractivity contribution is 6.07. The molecule has 0 unspecified atom stereocenters. The van der Waals surface area contributed by atoms with Crippen molar-refractivity contribution in [2.45, 2.75) is 0 Å². The van der Waals surface area contributed by atoms with Crippen molar-refractivity contribution in [3.8, 4) is 5.75 Å². The smallest absolute Gasteiger partial charge is 0.270 e. The lowest BCUT2D eigenvalue weighted by Gasteiger charge is -2.29. The van der Waals surface area contributed by atoms with Gasteiger partial charge in [-0.1, -0.05) is 18.2 Å². The van der Waals surface area contributed by atoms with Crippen LogP contribution in [0.25, 0.3) is 0 Å². The van der Waals surface area contributed by atoms with Crippen LogP contribution in [0, 0.1) is 10.1 Å². The van der Waals surface area contributed by atoms with Crippen LogP contribution in [-0.2, 0) is 0 Å². The number of benzene rings is 2. The number of carbonyl (C=O) groups is 1. The fraction of sp³-hybridized carbons (Fsp3) is 0.133. The number of hydrogen-bond donors (Lipinski definition) is 0. The molecule has 106 valence electrons. The maximum atomic E-state index is 12.6. The zero-order valence-electron chi connectivity index (χ0n) is 11.1. The Labute approximate surface area is 120 Å². The first-order valence-electron chi connectivity index (χ1n) is 6.45. The summed E-state index contributed by atoms with van der Waals surface area (Å²) in [5.41, 5.74) is 0.878. The monoisotopic (exact) mass is 284 g/mol. The fourth-order valence-electron chi connectivity index (χ4n) is 2.29. The highest BCUT2D eigenvalue weighted by Gasteiger charge is 2.25. The van der Waals surface area contributed by atoms with Gasteiger partial charge in [0.05, 0.1) is 17.2 Å². The Morgan fingerprint density at radius 1 is 1.19 bits per heavy atom. The summed E-state index contributed by atoms with van der Waals surface area (Å²) < 4.78 is 5.50. The lowest BCUT2D eigenvalue weighted by Crippen LogP contribution is -2.37. The van der Waals surface area contributed by atoms with Crippen LogP contribution in [0.1, 0.15) is 10.4 Å². The van der Waals surface area contributed by atoms with E-state index in [1.807, 2.05) is 12.1 Å². The van der Waals surface area contributed by atoms with Crippen LogP contribution in [0.5, 0.6) is 5.75 Å². The molecule has 0 aromatic heterocycles. The Bertz CT molecular complexity index is 714. The molecule has 2 aromatic rings. The summed E-state index contributed by atoms with van der Waals surface area (Å²) in [5.74, 6) is 0.372. The molecule has 0 atom stereocenters. The summed E-state index contributed by atoms with van der Waals surface area (Å²) >= 11 is 0. The number of para-hydroxylation sites is 2. The lowest BCUT2D eigenvalue weighted by molar-refractivity contribution is -0.384. The van der Waals surface area contributed by atoms with Gasteiger partial charge in [0, 0.05) is 17.7 Å². The Balaban J connectivity index is 1.96. The minimum Gasteiger partial charge on any atom is -0.490 e. The molecule has 1 heterocycles. The number of anilines is 1. The molecule has 0 N–H and O–H groups in total. The maximum absolute atomic E-state index is 12.6. The summed E-state index contributed by atoms with van der Waals surface area (Å²) in [6.45, 7) is 0.816. The van der Waals surface area contributed by atoms with Crippen molar-refractivity contribution < 1.29 is 14.5 Å². The third kappa shape index (κ3) is 2.43. The molecule has 6 nitrogen and oxygen atoms in total. The Hall–Kier alpha value is -2.89. The number of ether oxygens (including phenoxy) is 1. The SMILES string of the molecule is O=C(c1cccc([N+](=O)[O-])c1)N1CCOc2ccccc21. The Morgan fingerprint density at radius 2 is 2.00 bits per heavy atom. The number of nitro groups is 1. The number of carbonyl (C=O) groups excluding carboxylic acids is 1. The van der Waals surface area contributed by atoms with E-state index < -0.39 is 4.92 Å². The molecule has 1 amide bonds. The van der Waals surface area contributed by atoms with Gasteiger partial charge in [0.1, 0.15) is 12.4 Å². The molecule has 6 heteroatoms. The molecule has 0 fully saturated rings. The molecular weight excluding hydrogens is 272 g/mol. The van der Waals surface area contributed by atoms with Crippen LogP contribution >= 0.6 is 0 Å². The highest BCUT2D eigenvalue weighted by Crippen LogP contribution is 2.32. The number of nitro benzene ring substituents is 1. The first-order valence-corrected chi connectivity index (χ1v) is 6.45. The van der Waals surface area contributed by atoms with E-state index in [-0.39, 0.29) is 11.6 Å². The van der Waals surface area contributed by atoms with Crippen LogP contribution in [0.4, 0.5) is 11.4 Å². The fourth-order valence-corrected chi connectivity index (χ4v) is 2.29. The Kier molecular flexibility index (Phi) is 3.27. The summed E-state index contributed by atoms with van der Waals surface area (Å²) in [5, 5.41) is 10.8. The summed E-state index contributed by atoms with van der Waals surface area (Å²) in [7, 11) is 0. The van der Waals surface area contributed by atoms with Crippen LogP contribution in [-0.4, -0.2) is 24.0 Å². The lowest BCUT2D eigenvalue weighted by atomic mass is 10.1. The van der Waals surface area contributed by atoms with Crippen LogP contribution in [0.3, 0.4) is 0 Å². The first kappa shape index (κ1) is 13.1. The number of non-ortho nitro benzene ring substituents is 1. The molecular formula is C15H12N2O4. The minimum absolute atomic E-state index is 0.0950. The van der Waals surface area contributed by atoms with Gasteiger partial charge in [-0.25, -0.2) is 0 Å². The predicted octanol–water partition coefficient (Wildman–Crippen LogP) is 2.63. The summed E-state index contributed by atoms with van der Waals surface area (Å²) in [4.78, 5) is 24.5. The van der Waals surface area contributed by atoms with Gasteiger partial charge in [-0.05, 0) is 18.2 Å². The van der Waals surface area contributed by atoms with Gasteiger partial charge in [0.2, 0.25) is 0 Å². The molecule has 1 aliphatic heterocycles. The predicted molar refractivity (Wildman–Crippen MR) is 76.7 cm³/mol. The number of rotatable bonds is 2. The number of nitrogens with zero attached hydrogens (tertiary/aromatic N) is 2. The standard InChI is InChI=1S/C15H12N2O4/c18-15(11-4-3-5-12(10-11)17(19)20)16-8-9-21-14-7-2-1-6-13(14)16/h1-7,10H,8-9H2. The van der Waals surface area contributed by atoms with E-state index in [1.165, 1.54) is 18.2 Å². The van der Waals surface area contributed by atoms with Crippen LogP contribution in [0.2, 0.25) is 0 Å². The average Bonchev–Trinajstić information content (AvgIpc) is 2.53. The van der Waals surface area contributed by atoms with E-state index in [0.29, 0.717) is 30.2 Å². The van der Waals surface area contributed by atoms with Crippen molar-refractivity contribution in [3.63, 3.8) is 0 Å². The molecule has 0 saturated heterocycles. The summed E-state index contributed by atoms with van der Waals surface area (Å²) in [6.07, 6.45) is 0. The normalized spacial score (nSPS) is 13.2. The number of fused-ring (bicyclic) bond motifs is 1. The van der Waals surface area contributed by atoms with Crippen molar-refractivity contribution in [3.05, 3.63) is 64.2 Å². The molecule has 21 heavy (non-hydrogen) atoms. The highest BCUT2D eigenvalue weighted by atomic mass is 16.6. The van der Waals surface area contributed by atoms with Crippen molar-refractivity contribution in [1.29, 1.82) is 0 Å². The van der Waals surface area contributed by atoms with Gasteiger partial charge in [0.25, 0.3) is 11.6 Å². The molecule has 1 aliphatic rings. The zero-order valence-corrected chi connectivity index (χ0v) is 11.1. The van der Waals surface area contributed by atoms with E-state index in [1.54, 1.807) is 23.1 Å².